The molecule has 1 amide bonds. The zero-order chi connectivity index (χ0) is 19.1. The first kappa shape index (κ1) is 18.7. The third-order valence-electron chi connectivity index (χ3n) is 3.39. The Morgan fingerprint density at radius 2 is 2.00 bits per heavy atom. The van der Waals surface area contributed by atoms with Crippen LogP contribution in [0.25, 0.3) is 17.5 Å². The SMILES string of the molecule is CCOc1ccc(-c2nnc(NC(=O)C=Cc3cccs3)o2)cc1OCC. The zero-order valence-electron chi connectivity index (χ0n) is 15.0. The van der Waals surface area contributed by atoms with Gasteiger partial charge in [0.05, 0.1) is 13.2 Å². The summed E-state index contributed by atoms with van der Waals surface area (Å²) in [7, 11) is 0. The van der Waals surface area contributed by atoms with E-state index in [1.54, 1.807) is 35.6 Å². The molecule has 0 radical (unpaired) electrons. The minimum atomic E-state index is -0.347. The average Bonchev–Trinajstić information content (AvgIpc) is 3.34. The van der Waals surface area contributed by atoms with Gasteiger partial charge in [0, 0.05) is 16.5 Å². The van der Waals surface area contributed by atoms with Crippen LogP contribution in [0.4, 0.5) is 6.01 Å². The highest BCUT2D eigenvalue weighted by molar-refractivity contribution is 7.10. The van der Waals surface area contributed by atoms with Crippen LogP contribution in [-0.4, -0.2) is 29.3 Å². The van der Waals surface area contributed by atoms with Gasteiger partial charge in [-0.25, -0.2) is 0 Å². The van der Waals surface area contributed by atoms with Crippen LogP contribution in [0.2, 0.25) is 0 Å². The third kappa shape index (κ3) is 4.95. The number of benzene rings is 1. The fourth-order valence-electron chi connectivity index (χ4n) is 2.27. The topological polar surface area (TPSA) is 86.5 Å². The van der Waals surface area contributed by atoms with Gasteiger partial charge < -0.3 is 13.9 Å². The fraction of sp³-hybridized carbons (Fsp3) is 0.211. The maximum Gasteiger partial charge on any atom is 0.322 e. The predicted octanol–water partition coefficient (Wildman–Crippen LogP) is 4.25. The van der Waals surface area contributed by atoms with Crippen molar-refractivity contribution in [2.24, 2.45) is 0 Å². The summed E-state index contributed by atoms with van der Waals surface area (Å²) in [6.07, 6.45) is 3.14. The Bertz CT molecular complexity index is 919. The number of thiophene rings is 1. The summed E-state index contributed by atoms with van der Waals surface area (Å²) < 4.78 is 16.7. The highest BCUT2D eigenvalue weighted by atomic mass is 32.1. The smallest absolute Gasteiger partial charge is 0.322 e. The van der Waals surface area contributed by atoms with Gasteiger partial charge in [0.15, 0.2) is 11.5 Å². The number of nitrogens with zero attached hydrogens (tertiary/aromatic N) is 2. The summed E-state index contributed by atoms with van der Waals surface area (Å²) in [5, 5.41) is 12.3. The van der Waals surface area contributed by atoms with E-state index < -0.39 is 0 Å². The molecule has 1 N–H and O–H groups in total. The number of aromatic nitrogens is 2. The number of amides is 1. The monoisotopic (exact) mass is 385 g/mol. The lowest BCUT2D eigenvalue weighted by atomic mass is 10.2. The van der Waals surface area contributed by atoms with Crippen molar-refractivity contribution in [2.75, 3.05) is 18.5 Å². The molecule has 0 saturated heterocycles. The van der Waals surface area contributed by atoms with Crippen LogP contribution in [0.5, 0.6) is 11.5 Å². The number of rotatable bonds is 8. The molecule has 140 valence electrons. The summed E-state index contributed by atoms with van der Waals surface area (Å²) in [6, 6.07) is 9.21. The van der Waals surface area contributed by atoms with Gasteiger partial charge in [-0.3, -0.25) is 10.1 Å². The van der Waals surface area contributed by atoms with Crippen molar-refractivity contribution in [3.63, 3.8) is 0 Å². The minimum Gasteiger partial charge on any atom is -0.490 e. The largest absolute Gasteiger partial charge is 0.490 e. The Morgan fingerprint density at radius 3 is 2.74 bits per heavy atom. The summed E-state index contributed by atoms with van der Waals surface area (Å²) in [4.78, 5) is 12.9. The van der Waals surface area contributed by atoms with Crippen LogP contribution in [0.3, 0.4) is 0 Å². The van der Waals surface area contributed by atoms with Gasteiger partial charge in [-0.05, 0) is 49.6 Å². The number of carbonyl (C=O) groups excluding carboxylic acids is 1. The van der Waals surface area contributed by atoms with Crippen LogP contribution >= 0.6 is 11.3 Å². The molecule has 8 heteroatoms. The molecule has 0 aliphatic heterocycles. The normalized spacial score (nSPS) is 10.9. The zero-order valence-corrected chi connectivity index (χ0v) is 15.8. The molecule has 7 nitrogen and oxygen atoms in total. The number of hydrogen-bond donors (Lipinski definition) is 1. The minimum absolute atomic E-state index is 0.0256. The Labute approximate surface area is 160 Å². The van der Waals surface area contributed by atoms with Gasteiger partial charge in [-0.15, -0.1) is 16.4 Å². The lowest BCUT2D eigenvalue weighted by Gasteiger charge is -2.11. The molecule has 0 unspecified atom stereocenters. The van der Waals surface area contributed by atoms with Gasteiger partial charge in [-0.2, -0.15) is 0 Å². The van der Waals surface area contributed by atoms with E-state index in [9.17, 15) is 4.79 Å². The van der Waals surface area contributed by atoms with E-state index in [0.717, 1.165) is 4.88 Å². The van der Waals surface area contributed by atoms with Gasteiger partial charge in [0.1, 0.15) is 0 Å². The number of nitrogens with one attached hydrogen (secondary N) is 1. The molecule has 2 heterocycles. The van der Waals surface area contributed by atoms with E-state index in [4.69, 9.17) is 13.9 Å². The van der Waals surface area contributed by atoms with Gasteiger partial charge >= 0.3 is 6.01 Å². The van der Waals surface area contributed by atoms with Crippen molar-refractivity contribution in [1.29, 1.82) is 0 Å². The average molecular weight is 385 g/mol. The standard InChI is InChI=1S/C19H19N3O4S/c1-3-24-15-9-7-13(12-16(15)25-4-2)18-21-22-19(26-18)20-17(23)10-8-14-6-5-11-27-14/h5-12H,3-4H2,1-2H3,(H,20,22,23). The lowest BCUT2D eigenvalue weighted by molar-refractivity contribution is -0.112. The molecular formula is C19H19N3O4S. The molecule has 0 atom stereocenters. The molecule has 0 saturated carbocycles. The quantitative estimate of drug-likeness (QED) is 0.584. The van der Waals surface area contributed by atoms with E-state index >= 15 is 0 Å². The van der Waals surface area contributed by atoms with Crippen LogP contribution < -0.4 is 14.8 Å². The Hall–Kier alpha value is -3.13. The molecule has 1 aromatic carbocycles. The number of anilines is 1. The molecule has 0 aliphatic carbocycles. The summed E-state index contributed by atoms with van der Waals surface area (Å²) >= 11 is 1.54. The molecule has 0 bridgehead atoms. The summed E-state index contributed by atoms with van der Waals surface area (Å²) in [5.41, 5.74) is 0.670. The third-order valence-corrected chi connectivity index (χ3v) is 4.23. The number of ether oxygens (including phenoxy) is 2. The maximum absolute atomic E-state index is 12.0. The number of carbonyl (C=O) groups is 1. The highest BCUT2D eigenvalue weighted by Gasteiger charge is 2.13. The highest BCUT2D eigenvalue weighted by Crippen LogP contribution is 2.32. The first-order chi connectivity index (χ1) is 13.2. The van der Waals surface area contributed by atoms with E-state index in [1.807, 2.05) is 31.4 Å². The fourth-order valence-corrected chi connectivity index (χ4v) is 2.88. The second-order valence-corrected chi connectivity index (χ2v) is 6.26. The van der Waals surface area contributed by atoms with Crippen molar-refractivity contribution in [3.8, 4) is 23.0 Å². The second kappa shape index (κ2) is 9.00. The summed E-state index contributed by atoms with van der Waals surface area (Å²) in [5.74, 6) is 1.17. The summed E-state index contributed by atoms with van der Waals surface area (Å²) in [6.45, 7) is 4.84. The molecule has 3 aromatic rings. The van der Waals surface area contributed by atoms with Crippen LogP contribution in [-0.2, 0) is 4.79 Å². The molecule has 0 fully saturated rings. The van der Waals surface area contributed by atoms with Crippen molar-refractivity contribution < 1.29 is 18.7 Å². The van der Waals surface area contributed by atoms with Gasteiger partial charge in [0.25, 0.3) is 5.91 Å². The van der Waals surface area contributed by atoms with E-state index in [1.165, 1.54) is 6.08 Å². The molecule has 0 aliphatic rings. The van der Waals surface area contributed by atoms with E-state index in [2.05, 4.69) is 15.5 Å². The van der Waals surface area contributed by atoms with Crippen molar-refractivity contribution in [2.45, 2.75) is 13.8 Å². The van der Waals surface area contributed by atoms with E-state index in [0.29, 0.717) is 30.3 Å². The molecule has 2 aromatic heterocycles. The van der Waals surface area contributed by atoms with Gasteiger partial charge in [-0.1, -0.05) is 11.2 Å². The van der Waals surface area contributed by atoms with Gasteiger partial charge in [0.2, 0.25) is 5.89 Å². The first-order valence-corrected chi connectivity index (χ1v) is 9.33. The Morgan fingerprint density at radius 1 is 1.19 bits per heavy atom. The maximum atomic E-state index is 12.0. The second-order valence-electron chi connectivity index (χ2n) is 5.28. The lowest BCUT2D eigenvalue weighted by Crippen LogP contribution is -2.07. The van der Waals surface area contributed by atoms with Crippen LogP contribution in [0.1, 0.15) is 18.7 Å². The van der Waals surface area contributed by atoms with Crippen LogP contribution in [0.15, 0.2) is 46.2 Å². The molecular weight excluding hydrogens is 366 g/mol. The van der Waals surface area contributed by atoms with Crippen molar-refractivity contribution in [1.82, 2.24) is 10.2 Å². The number of hydrogen-bond acceptors (Lipinski definition) is 7. The van der Waals surface area contributed by atoms with Crippen LogP contribution in [0, 0.1) is 0 Å². The first-order valence-electron chi connectivity index (χ1n) is 8.45. The van der Waals surface area contributed by atoms with E-state index in [-0.39, 0.29) is 17.8 Å². The molecule has 3 rings (SSSR count). The van der Waals surface area contributed by atoms with Crippen molar-refractivity contribution in [3.05, 3.63) is 46.7 Å². The molecule has 0 spiro atoms. The molecule has 27 heavy (non-hydrogen) atoms. The Kier molecular flexibility index (Phi) is 6.22. The Balaban J connectivity index is 1.71. The van der Waals surface area contributed by atoms with Crippen molar-refractivity contribution >= 4 is 29.3 Å². The predicted molar refractivity (Wildman–Crippen MR) is 104 cm³/mol.